The number of carboxylic acid groups (broad SMARTS) is 1. The molecule has 9 heteroatoms. The summed E-state index contributed by atoms with van der Waals surface area (Å²) >= 11 is 0. The molecule has 0 saturated carbocycles. The maximum atomic E-state index is 14.3. The molecular weight excluding hydrogens is 403 g/mol. The van der Waals surface area contributed by atoms with Gasteiger partial charge < -0.3 is 19.5 Å². The average molecular weight is 428 g/mol. The first-order chi connectivity index (χ1) is 15.0. The number of aromatic nitrogens is 3. The third kappa shape index (κ3) is 4.18. The van der Waals surface area contributed by atoms with Gasteiger partial charge in [0.25, 0.3) is 0 Å². The molecule has 1 aromatic carbocycles. The van der Waals surface area contributed by atoms with Crippen molar-refractivity contribution in [3.05, 3.63) is 53.1 Å². The molecule has 1 aliphatic rings. The molecule has 0 amide bonds. The van der Waals surface area contributed by atoms with Crippen molar-refractivity contribution in [2.45, 2.75) is 32.2 Å². The second kappa shape index (κ2) is 8.89. The lowest BCUT2D eigenvalue weighted by Crippen LogP contribution is -2.24. The third-order valence-corrected chi connectivity index (χ3v) is 5.47. The number of benzene rings is 1. The van der Waals surface area contributed by atoms with E-state index in [2.05, 4.69) is 15.0 Å². The molecule has 1 saturated heterocycles. The summed E-state index contributed by atoms with van der Waals surface area (Å²) in [6.45, 7) is 3.36. The van der Waals surface area contributed by atoms with Gasteiger partial charge in [-0.1, -0.05) is 6.92 Å². The quantitative estimate of drug-likeness (QED) is 0.549. The Bertz CT molecular complexity index is 1100. The third-order valence-electron chi connectivity index (χ3n) is 5.47. The van der Waals surface area contributed by atoms with Gasteiger partial charge in [-0.15, -0.1) is 0 Å². The smallest absolute Gasteiger partial charge is 0.341 e. The molecule has 4 rings (SSSR count). The number of carbonyl (C=O) groups is 1. The molecule has 0 spiro atoms. The minimum Gasteiger partial charge on any atom is -0.491 e. The first-order valence-corrected chi connectivity index (χ1v) is 10.3. The van der Waals surface area contributed by atoms with Gasteiger partial charge in [0, 0.05) is 25.9 Å². The number of methoxy groups -OCH3 is 1. The van der Waals surface area contributed by atoms with Crippen LogP contribution in [0.3, 0.4) is 0 Å². The number of hydrogen-bond acceptors (Lipinski definition) is 6. The minimum atomic E-state index is -1.04. The highest BCUT2D eigenvalue weighted by Gasteiger charge is 2.29. The summed E-state index contributed by atoms with van der Waals surface area (Å²) in [5.74, 6) is -0.306. The lowest BCUT2D eigenvalue weighted by Gasteiger charge is -2.26. The van der Waals surface area contributed by atoms with Crippen LogP contribution in [0.4, 0.5) is 10.2 Å². The normalized spacial score (nSPS) is 16.2. The number of aryl methyl sites for hydroxylation is 1. The highest BCUT2D eigenvalue weighted by atomic mass is 19.1. The van der Waals surface area contributed by atoms with Crippen molar-refractivity contribution in [1.29, 1.82) is 0 Å². The molecule has 3 aromatic rings. The molecule has 0 aliphatic carbocycles. The summed E-state index contributed by atoms with van der Waals surface area (Å²) in [5.41, 5.74) is 1.74. The minimum absolute atomic E-state index is 0.0859. The summed E-state index contributed by atoms with van der Waals surface area (Å²) < 4.78 is 26.4. The van der Waals surface area contributed by atoms with Gasteiger partial charge in [-0.3, -0.25) is 0 Å². The van der Waals surface area contributed by atoms with Crippen LogP contribution in [0.5, 0.6) is 5.75 Å². The van der Waals surface area contributed by atoms with Crippen LogP contribution < -0.4 is 9.64 Å². The fraction of sp³-hybridized carbons (Fsp3) is 0.409. The molecule has 31 heavy (non-hydrogen) atoms. The Morgan fingerprint density at radius 2 is 2.16 bits per heavy atom. The summed E-state index contributed by atoms with van der Waals surface area (Å²) in [4.78, 5) is 18.5. The topological polar surface area (TPSA) is 89.2 Å². The van der Waals surface area contributed by atoms with Crippen LogP contribution in [0.1, 0.15) is 47.4 Å². The number of nitrogens with zero attached hydrogens (tertiary/aromatic N) is 4. The van der Waals surface area contributed by atoms with E-state index in [1.54, 1.807) is 13.3 Å². The zero-order chi connectivity index (χ0) is 22.0. The SMILES string of the molecule is CCc1nn2ccc(N3CCC[C@@H]3c3cc(F)cc(OCCOC)c3)nc2c1C(=O)O. The van der Waals surface area contributed by atoms with E-state index in [1.165, 1.54) is 16.6 Å². The fourth-order valence-corrected chi connectivity index (χ4v) is 4.08. The van der Waals surface area contributed by atoms with Crippen molar-refractivity contribution in [3.8, 4) is 5.75 Å². The highest BCUT2D eigenvalue weighted by molar-refractivity contribution is 5.96. The van der Waals surface area contributed by atoms with Crippen molar-refractivity contribution < 1.29 is 23.8 Å². The van der Waals surface area contributed by atoms with E-state index in [0.717, 1.165) is 24.9 Å². The maximum Gasteiger partial charge on any atom is 0.341 e. The van der Waals surface area contributed by atoms with Crippen LogP contribution in [-0.2, 0) is 11.2 Å². The van der Waals surface area contributed by atoms with Gasteiger partial charge in [0.15, 0.2) is 5.65 Å². The van der Waals surface area contributed by atoms with Crippen LogP contribution in [0, 0.1) is 5.82 Å². The Kier molecular flexibility index (Phi) is 6.03. The zero-order valence-electron chi connectivity index (χ0n) is 17.5. The summed E-state index contributed by atoms with van der Waals surface area (Å²) in [6.07, 6.45) is 3.98. The predicted octanol–water partition coefficient (Wildman–Crippen LogP) is 3.50. The Morgan fingerprint density at radius 3 is 2.90 bits per heavy atom. The maximum absolute atomic E-state index is 14.3. The molecule has 0 unspecified atom stereocenters. The number of carboxylic acids is 1. The van der Waals surface area contributed by atoms with Crippen molar-refractivity contribution in [2.24, 2.45) is 0 Å². The Balaban J connectivity index is 1.68. The zero-order valence-corrected chi connectivity index (χ0v) is 17.5. The lowest BCUT2D eigenvalue weighted by atomic mass is 10.0. The Hall–Kier alpha value is -3.20. The second-order valence-corrected chi connectivity index (χ2v) is 7.45. The highest BCUT2D eigenvalue weighted by Crippen LogP contribution is 2.37. The van der Waals surface area contributed by atoms with Gasteiger partial charge >= 0.3 is 5.97 Å². The van der Waals surface area contributed by atoms with Crippen LogP contribution in [0.2, 0.25) is 0 Å². The first kappa shape index (κ1) is 21.0. The van der Waals surface area contributed by atoms with Gasteiger partial charge in [0.2, 0.25) is 0 Å². The number of aromatic carboxylic acids is 1. The molecule has 1 fully saturated rings. The standard InChI is InChI=1S/C22H25FN4O4/c1-3-17-20(22(28)29)21-24-19(6-8-27(21)25-17)26-7-4-5-18(26)14-11-15(23)13-16(12-14)31-10-9-30-2/h6,8,11-13,18H,3-5,7,9-10H2,1-2H3,(H,28,29)/t18-/m1/s1. The molecule has 8 nitrogen and oxygen atoms in total. The lowest BCUT2D eigenvalue weighted by molar-refractivity contribution is 0.0697. The fourth-order valence-electron chi connectivity index (χ4n) is 4.08. The van der Waals surface area contributed by atoms with Gasteiger partial charge in [-0.05, 0) is 43.0 Å². The van der Waals surface area contributed by atoms with Gasteiger partial charge in [-0.25, -0.2) is 18.7 Å². The number of halogens is 1. The molecule has 0 bridgehead atoms. The van der Waals surface area contributed by atoms with Crippen LogP contribution >= 0.6 is 0 Å². The van der Waals surface area contributed by atoms with Crippen molar-refractivity contribution in [2.75, 3.05) is 31.8 Å². The number of rotatable bonds is 8. The molecule has 1 N–H and O–H groups in total. The monoisotopic (exact) mass is 428 g/mol. The van der Waals surface area contributed by atoms with Gasteiger partial charge in [0.05, 0.1) is 18.3 Å². The van der Waals surface area contributed by atoms with Gasteiger partial charge in [-0.2, -0.15) is 5.10 Å². The van der Waals surface area contributed by atoms with Crippen molar-refractivity contribution in [3.63, 3.8) is 0 Å². The Labute approximate surface area is 179 Å². The number of hydrogen-bond donors (Lipinski definition) is 1. The second-order valence-electron chi connectivity index (χ2n) is 7.45. The van der Waals surface area contributed by atoms with Crippen LogP contribution in [0.15, 0.2) is 30.5 Å². The largest absolute Gasteiger partial charge is 0.491 e. The number of ether oxygens (including phenoxy) is 2. The number of fused-ring (bicyclic) bond motifs is 1. The molecule has 0 radical (unpaired) electrons. The molecule has 1 aliphatic heterocycles. The van der Waals surface area contributed by atoms with E-state index in [9.17, 15) is 14.3 Å². The predicted molar refractivity (Wildman–Crippen MR) is 112 cm³/mol. The van der Waals surface area contributed by atoms with E-state index in [4.69, 9.17) is 9.47 Å². The first-order valence-electron chi connectivity index (χ1n) is 10.3. The van der Waals surface area contributed by atoms with E-state index in [0.29, 0.717) is 42.5 Å². The summed E-state index contributed by atoms with van der Waals surface area (Å²) in [5, 5.41) is 14.0. The van der Waals surface area contributed by atoms with Crippen molar-refractivity contribution >= 4 is 17.4 Å². The van der Waals surface area contributed by atoms with Crippen molar-refractivity contribution in [1.82, 2.24) is 14.6 Å². The summed E-state index contributed by atoms with van der Waals surface area (Å²) in [7, 11) is 1.58. The van der Waals surface area contributed by atoms with Crippen LogP contribution in [-0.4, -0.2) is 52.5 Å². The molecule has 164 valence electrons. The van der Waals surface area contributed by atoms with Gasteiger partial charge in [0.1, 0.15) is 29.6 Å². The Morgan fingerprint density at radius 1 is 1.32 bits per heavy atom. The summed E-state index contributed by atoms with van der Waals surface area (Å²) in [6, 6.07) is 6.45. The van der Waals surface area contributed by atoms with E-state index >= 15 is 0 Å². The molecule has 2 aromatic heterocycles. The molecular formula is C22H25FN4O4. The van der Waals surface area contributed by atoms with Crippen LogP contribution in [0.25, 0.3) is 5.65 Å². The average Bonchev–Trinajstić information content (AvgIpc) is 3.37. The molecule has 1 atom stereocenters. The van der Waals surface area contributed by atoms with E-state index in [1.807, 2.05) is 19.1 Å². The van der Waals surface area contributed by atoms with E-state index < -0.39 is 5.97 Å². The molecule has 3 heterocycles. The van der Waals surface area contributed by atoms with E-state index in [-0.39, 0.29) is 17.4 Å². The number of anilines is 1.